The molecule has 4 rings (SSSR count). The highest BCUT2D eigenvalue weighted by molar-refractivity contribution is 5.95. The molecule has 0 aromatic carbocycles. The minimum Gasteiger partial charge on any atom is -0.466 e. The van der Waals surface area contributed by atoms with Crippen LogP contribution in [0, 0.1) is 13.8 Å². The van der Waals surface area contributed by atoms with E-state index in [1.54, 1.807) is 19.2 Å². The second-order valence-electron chi connectivity index (χ2n) is 7.96. The SMILES string of the molecule is Cc1cc(C(=O)NC2CCN(C(=O)c3cc(N4CCCC4)ccn3)CC2)c(C)o1. The fourth-order valence-corrected chi connectivity index (χ4v) is 4.22. The maximum Gasteiger partial charge on any atom is 0.272 e. The molecule has 0 aliphatic carbocycles. The van der Waals surface area contributed by atoms with E-state index in [4.69, 9.17) is 4.42 Å². The maximum atomic E-state index is 12.9. The number of anilines is 1. The number of carbonyl (C=O) groups is 2. The third kappa shape index (κ3) is 4.28. The van der Waals surface area contributed by atoms with Crippen LogP contribution in [0.2, 0.25) is 0 Å². The largest absolute Gasteiger partial charge is 0.466 e. The molecule has 0 radical (unpaired) electrons. The van der Waals surface area contributed by atoms with Crippen LogP contribution in [0.1, 0.15) is 58.1 Å². The van der Waals surface area contributed by atoms with Gasteiger partial charge in [0, 0.05) is 44.1 Å². The molecule has 1 N–H and O–H groups in total. The number of nitrogens with one attached hydrogen (secondary N) is 1. The van der Waals surface area contributed by atoms with E-state index >= 15 is 0 Å². The number of hydrogen-bond acceptors (Lipinski definition) is 5. The maximum absolute atomic E-state index is 12.9. The summed E-state index contributed by atoms with van der Waals surface area (Å²) in [5.74, 6) is 1.23. The summed E-state index contributed by atoms with van der Waals surface area (Å²) < 4.78 is 5.44. The first kappa shape index (κ1) is 19.5. The Morgan fingerprint density at radius 3 is 2.48 bits per heavy atom. The predicted octanol–water partition coefficient (Wildman–Crippen LogP) is 2.93. The summed E-state index contributed by atoms with van der Waals surface area (Å²) in [4.78, 5) is 33.8. The molecule has 0 atom stereocenters. The van der Waals surface area contributed by atoms with Crippen molar-refractivity contribution in [2.45, 2.75) is 45.6 Å². The average Bonchev–Trinajstić information content (AvgIpc) is 3.38. The molecule has 2 fully saturated rings. The van der Waals surface area contributed by atoms with Gasteiger partial charge in [-0.25, -0.2) is 0 Å². The topological polar surface area (TPSA) is 78.7 Å². The molecule has 0 unspecified atom stereocenters. The Bertz CT molecular complexity index is 893. The molecule has 2 aromatic heterocycles. The molecule has 2 aliphatic rings. The highest BCUT2D eigenvalue weighted by Crippen LogP contribution is 2.22. The quantitative estimate of drug-likeness (QED) is 0.860. The number of hydrogen-bond donors (Lipinski definition) is 1. The number of pyridine rings is 1. The van der Waals surface area contributed by atoms with Gasteiger partial charge in [-0.1, -0.05) is 0 Å². The first-order valence-electron chi connectivity index (χ1n) is 10.4. The molecule has 29 heavy (non-hydrogen) atoms. The van der Waals surface area contributed by atoms with E-state index in [0.29, 0.717) is 30.1 Å². The van der Waals surface area contributed by atoms with Gasteiger partial charge in [0.2, 0.25) is 0 Å². The van der Waals surface area contributed by atoms with E-state index in [2.05, 4.69) is 15.2 Å². The van der Waals surface area contributed by atoms with Gasteiger partial charge in [0.15, 0.2) is 0 Å². The summed E-state index contributed by atoms with van der Waals surface area (Å²) in [5, 5.41) is 3.08. The van der Waals surface area contributed by atoms with Crippen LogP contribution in [0.4, 0.5) is 5.69 Å². The summed E-state index contributed by atoms with van der Waals surface area (Å²) in [6.07, 6.45) is 5.59. The van der Waals surface area contributed by atoms with E-state index < -0.39 is 0 Å². The number of aromatic nitrogens is 1. The van der Waals surface area contributed by atoms with Gasteiger partial charge in [-0.05, 0) is 57.7 Å². The first-order valence-corrected chi connectivity index (χ1v) is 10.4. The smallest absolute Gasteiger partial charge is 0.272 e. The van der Waals surface area contributed by atoms with Gasteiger partial charge in [-0.15, -0.1) is 0 Å². The van der Waals surface area contributed by atoms with E-state index in [-0.39, 0.29) is 17.9 Å². The van der Waals surface area contributed by atoms with Gasteiger partial charge in [0.1, 0.15) is 17.2 Å². The van der Waals surface area contributed by atoms with Crippen molar-refractivity contribution in [3.05, 3.63) is 47.2 Å². The minimum absolute atomic E-state index is 0.0304. The Balaban J connectivity index is 1.33. The van der Waals surface area contributed by atoms with Crippen molar-refractivity contribution >= 4 is 17.5 Å². The van der Waals surface area contributed by atoms with Crippen molar-refractivity contribution in [1.82, 2.24) is 15.2 Å². The fourth-order valence-electron chi connectivity index (χ4n) is 4.22. The lowest BCUT2D eigenvalue weighted by molar-refractivity contribution is 0.0692. The lowest BCUT2D eigenvalue weighted by atomic mass is 10.0. The van der Waals surface area contributed by atoms with Crippen LogP contribution in [0.5, 0.6) is 0 Å². The zero-order chi connectivity index (χ0) is 20.4. The highest BCUT2D eigenvalue weighted by Gasteiger charge is 2.27. The zero-order valence-corrected chi connectivity index (χ0v) is 17.1. The van der Waals surface area contributed by atoms with Crippen LogP contribution in [-0.4, -0.2) is 53.9 Å². The Hall–Kier alpha value is -2.83. The number of nitrogens with zero attached hydrogens (tertiary/aromatic N) is 3. The van der Waals surface area contributed by atoms with Crippen LogP contribution in [0.15, 0.2) is 28.8 Å². The second-order valence-corrected chi connectivity index (χ2v) is 7.96. The van der Waals surface area contributed by atoms with Gasteiger partial charge in [-0.2, -0.15) is 0 Å². The Morgan fingerprint density at radius 1 is 1.10 bits per heavy atom. The summed E-state index contributed by atoms with van der Waals surface area (Å²) >= 11 is 0. The monoisotopic (exact) mass is 396 g/mol. The molecule has 4 heterocycles. The summed E-state index contributed by atoms with van der Waals surface area (Å²) in [5.41, 5.74) is 2.17. The van der Waals surface area contributed by atoms with E-state index in [9.17, 15) is 9.59 Å². The van der Waals surface area contributed by atoms with E-state index in [0.717, 1.165) is 37.4 Å². The number of amides is 2. The summed E-state index contributed by atoms with van der Waals surface area (Å²) in [6.45, 7) is 6.94. The van der Waals surface area contributed by atoms with Crippen molar-refractivity contribution in [2.75, 3.05) is 31.1 Å². The number of rotatable bonds is 4. The van der Waals surface area contributed by atoms with Crippen LogP contribution in [0.25, 0.3) is 0 Å². The Kier molecular flexibility index (Phi) is 5.56. The molecule has 0 saturated carbocycles. The number of carbonyl (C=O) groups excluding carboxylic acids is 2. The molecule has 154 valence electrons. The van der Waals surface area contributed by atoms with Gasteiger partial charge >= 0.3 is 0 Å². The van der Waals surface area contributed by atoms with Crippen molar-refractivity contribution in [3.8, 4) is 0 Å². The average molecular weight is 396 g/mol. The van der Waals surface area contributed by atoms with E-state index in [1.807, 2.05) is 24.0 Å². The highest BCUT2D eigenvalue weighted by atomic mass is 16.3. The lowest BCUT2D eigenvalue weighted by Gasteiger charge is -2.32. The molecule has 7 heteroatoms. The minimum atomic E-state index is -0.107. The fraction of sp³-hybridized carbons (Fsp3) is 0.500. The zero-order valence-electron chi connectivity index (χ0n) is 17.1. The molecule has 2 aliphatic heterocycles. The second kappa shape index (κ2) is 8.27. The third-order valence-electron chi connectivity index (χ3n) is 5.84. The molecule has 7 nitrogen and oxygen atoms in total. The van der Waals surface area contributed by atoms with Crippen LogP contribution < -0.4 is 10.2 Å². The molecule has 0 spiro atoms. The van der Waals surface area contributed by atoms with Gasteiger partial charge in [0.25, 0.3) is 11.8 Å². The van der Waals surface area contributed by atoms with Crippen LogP contribution in [-0.2, 0) is 0 Å². The number of furan rings is 1. The number of piperidine rings is 1. The molecule has 2 aromatic rings. The van der Waals surface area contributed by atoms with Gasteiger partial charge < -0.3 is 19.5 Å². The third-order valence-corrected chi connectivity index (χ3v) is 5.84. The molecule has 2 saturated heterocycles. The van der Waals surface area contributed by atoms with Crippen LogP contribution in [0.3, 0.4) is 0 Å². The molecule has 0 bridgehead atoms. The van der Waals surface area contributed by atoms with Crippen molar-refractivity contribution in [3.63, 3.8) is 0 Å². The first-order chi connectivity index (χ1) is 14.0. The standard InChI is InChI=1S/C22H28N4O3/c1-15-13-19(16(2)29-15)21(27)24-17-6-11-26(12-7-17)22(28)20-14-18(5-8-23-20)25-9-3-4-10-25/h5,8,13-14,17H,3-4,6-7,9-12H2,1-2H3,(H,24,27). The van der Waals surface area contributed by atoms with Crippen molar-refractivity contribution < 1.29 is 14.0 Å². The lowest BCUT2D eigenvalue weighted by Crippen LogP contribution is -2.46. The number of likely N-dealkylation sites (tertiary alicyclic amines) is 1. The van der Waals surface area contributed by atoms with E-state index in [1.165, 1.54) is 12.8 Å². The molecular weight excluding hydrogens is 368 g/mol. The van der Waals surface area contributed by atoms with Crippen LogP contribution >= 0.6 is 0 Å². The predicted molar refractivity (Wildman–Crippen MR) is 110 cm³/mol. The summed E-state index contributed by atoms with van der Waals surface area (Å²) in [7, 11) is 0. The van der Waals surface area contributed by atoms with Gasteiger partial charge in [0.05, 0.1) is 5.56 Å². The molecular formula is C22H28N4O3. The Morgan fingerprint density at radius 2 is 1.83 bits per heavy atom. The van der Waals surface area contributed by atoms with Crippen molar-refractivity contribution in [1.29, 1.82) is 0 Å². The van der Waals surface area contributed by atoms with Crippen molar-refractivity contribution in [2.24, 2.45) is 0 Å². The Labute approximate surface area is 171 Å². The van der Waals surface area contributed by atoms with Gasteiger partial charge in [-0.3, -0.25) is 14.6 Å². The molecule has 2 amide bonds. The normalized spacial score (nSPS) is 17.6. The number of aryl methyl sites for hydroxylation is 2. The summed E-state index contributed by atoms with van der Waals surface area (Å²) in [6, 6.07) is 5.71.